The Morgan fingerprint density at radius 3 is 2.52 bits per heavy atom. The summed E-state index contributed by atoms with van der Waals surface area (Å²) in [7, 11) is 1.79. The number of nitrogens with two attached hydrogens (primary N) is 2. The largest absolute Gasteiger partial charge is 0.390 e. The normalized spacial score (nSPS) is 24.4. The van der Waals surface area contributed by atoms with Crippen LogP contribution in [0.4, 0.5) is 0 Å². The van der Waals surface area contributed by atoms with Crippen LogP contribution >= 0.6 is 0 Å². The number of hydrogen-bond acceptors (Lipinski definition) is 5. The van der Waals surface area contributed by atoms with E-state index in [1.807, 2.05) is 13.8 Å². The maximum Gasteiger partial charge on any atom is 0.278 e. The minimum atomic E-state index is -1.21. The molecule has 0 spiro atoms. The quantitative estimate of drug-likeness (QED) is 0.268. The van der Waals surface area contributed by atoms with Crippen LogP contribution in [-0.4, -0.2) is 65.8 Å². The summed E-state index contributed by atoms with van der Waals surface area (Å²) in [5.41, 5.74) is 5.16. The first-order valence-electron chi connectivity index (χ1n) is 8.38. The molecule has 1 aliphatic carbocycles. The molecule has 8 N–H and O–H groups in total. The molecule has 9 heteroatoms. The molecular weight excluding hydrogens is 328 g/mol. The number of carbonyl (C=O) groups is 3. The summed E-state index contributed by atoms with van der Waals surface area (Å²) in [6.45, 7) is 3.68. The van der Waals surface area contributed by atoms with E-state index in [1.54, 1.807) is 12.4 Å². The van der Waals surface area contributed by atoms with Crippen molar-refractivity contribution < 1.29 is 29.9 Å². The lowest BCUT2D eigenvalue weighted by molar-refractivity contribution is -0.651. The molecule has 0 bridgehead atoms. The third-order valence-corrected chi connectivity index (χ3v) is 4.06. The van der Waals surface area contributed by atoms with Gasteiger partial charge >= 0.3 is 0 Å². The fourth-order valence-corrected chi connectivity index (χ4v) is 2.72. The molecule has 0 aromatic heterocycles. The van der Waals surface area contributed by atoms with Crippen molar-refractivity contribution in [2.45, 2.75) is 51.0 Å². The zero-order chi connectivity index (χ0) is 19.1. The van der Waals surface area contributed by atoms with Crippen molar-refractivity contribution in [1.29, 1.82) is 0 Å². The second-order valence-electron chi connectivity index (χ2n) is 6.71. The number of primary amides is 1. The van der Waals surface area contributed by atoms with Crippen molar-refractivity contribution in [1.82, 2.24) is 10.6 Å². The number of quaternary nitrogens is 1. The van der Waals surface area contributed by atoms with Crippen molar-refractivity contribution in [3.05, 3.63) is 11.6 Å². The van der Waals surface area contributed by atoms with E-state index < -0.39 is 30.1 Å². The number of amides is 3. The Labute approximate surface area is 147 Å². The molecule has 3 amide bonds. The van der Waals surface area contributed by atoms with E-state index in [4.69, 9.17) is 5.73 Å². The zero-order valence-corrected chi connectivity index (χ0v) is 14.9. The van der Waals surface area contributed by atoms with Crippen LogP contribution in [0.1, 0.15) is 26.7 Å². The molecule has 0 saturated heterocycles. The van der Waals surface area contributed by atoms with Gasteiger partial charge < -0.3 is 31.9 Å². The summed E-state index contributed by atoms with van der Waals surface area (Å²) >= 11 is 0. The number of aliphatic hydroxyl groups is 2. The topological polar surface area (TPSA) is 158 Å². The highest BCUT2D eigenvalue weighted by atomic mass is 16.3. The first-order valence-corrected chi connectivity index (χ1v) is 8.38. The van der Waals surface area contributed by atoms with Crippen molar-refractivity contribution in [3.8, 4) is 0 Å². The molecule has 9 nitrogen and oxygen atoms in total. The summed E-state index contributed by atoms with van der Waals surface area (Å²) in [4.78, 5) is 35.2. The Hall–Kier alpha value is -1.97. The molecule has 4 atom stereocenters. The standard InChI is InChI=1S/C16H28N4O5/c1-8(2)4-11(18-3)16(25)20-10-5-9(6-12(21)14(10)23)15(24)19-7-13(17)22/h5,8,10-12,14,18,21,23H,4,6-7H2,1-3H3,(H2,17,22)(H,19,24)(H,20,25)/p+1/t10-,11+,12-,14-/m1/s1. The third kappa shape index (κ3) is 6.45. The lowest BCUT2D eigenvalue weighted by Gasteiger charge is -2.31. The van der Waals surface area contributed by atoms with Crippen LogP contribution in [0.5, 0.6) is 0 Å². The lowest BCUT2D eigenvalue weighted by Crippen LogP contribution is -2.89. The van der Waals surface area contributed by atoms with Gasteiger partial charge in [0.25, 0.3) is 5.91 Å². The van der Waals surface area contributed by atoms with Gasteiger partial charge in [0.05, 0.1) is 25.7 Å². The van der Waals surface area contributed by atoms with Crippen LogP contribution in [0.2, 0.25) is 0 Å². The molecule has 1 rings (SSSR count). The minimum Gasteiger partial charge on any atom is -0.390 e. The number of rotatable bonds is 8. The Kier molecular flexibility index (Phi) is 8.01. The van der Waals surface area contributed by atoms with E-state index in [1.165, 1.54) is 6.08 Å². The zero-order valence-electron chi connectivity index (χ0n) is 14.9. The highest BCUT2D eigenvalue weighted by Crippen LogP contribution is 2.20. The monoisotopic (exact) mass is 357 g/mol. The average Bonchev–Trinajstić information content (AvgIpc) is 2.53. The average molecular weight is 357 g/mol. The predicted octanol–water partition coefficient (Wildman–Crippen LogP) is -3.27. The van der Waals surface area contributed by atoms with Gasteiger partial charge in [-0.05, 0) is 5.92 Å². The molecule has 0 aromatic rings. The van der Waals surface area contributed by atoms with Gasteiger partial charge in [-0.1, -0.05) is 19.9 Å². The molecular formula is C16H29N4O5+. The molecule has 0 unspecified atom stereocenters. The Bertz CT molecular complexity index is 535. The van der Waals surface area contributed by atoms with Crippen molar-refractivity contribution in [2.24, 2.45) is 11.7 Å². The van der Waals surface area contributed by atoms with E-state index in [2.05, 4.69) is 10.6 Å². The number of carbonyl (C=O) groups excluding carboxylic acids is 3. The van der Waals surface area contributed by atoms with Crippen molar-refractivity contribution in [3.63, 3.8) is 0 Å². The van der Waals surface area contributed by atoms with Gasteiger partial charge in [0.15, 0.2) is 6.04 Å². The second kappa shape index (κ2) is 9.50. The Balaban J connectivity index is 2.84. The Morgan fingerprint density at radius 1 is 1.36 bits per heavy atom. The SMILES string of the molecule is C[NH2+][C@@H](CC(C)C)C(=O)N[C@@H]1C=C(C(=O)NCC(N)=O)C[C@@H](O)[C@@H]1O. The molecule has 25 heavy (non-hydrogen) atoms. The summed E-state index contributed by atoms with van der Waals surface area (Å²) in [6, 6.07) is -1.22. The smallest absolute Gasteiger partial charge is 0.278 e. The summed E-state index contributed by atoms with van der Waals surface area (Å²) in [5.74, 6) is -1.21. The van der Waals surface area contributed by atoms with Gasteiger partial charge in [-0.15, -0.1) is 0 Å². The molecule has 0 radical (unpaired) electrons. The van der Waals surface area contributed by atoms with E-state index in [9.17, 15) is 24.6 Å². The van der Waals surface area contributed by atoms with Crippen LogP contribution in [0.25, 0.3) is 0 Å². The first kappa shape index (κ1) is 21.1. The van der Waals surface area contributed by atoms with Crippen LogP contribution < -0.4 is 21.7 Å². The van der Waals surface area contributed by atoms with Crippen LogP contribution in [0, 0.1) is 5.92 Å². The Morgan fingerprint density at radius 2 is 2.00 bits per heavy atom. The number of hydrogen-bond donors (Lipinski definition) is 6. The van der Waals surface area contributed by atoms with Gasteiger partial charge in [0.2, 0.25) is 11.8 Å². The number of likely N-dealkylation sites (N-methyl/N-ethyl adjacent to an activating group) is 1. The fourth-order valence-electron chi connectivity index (χ4n) is 2.72. The van der Waals surface area contributed by atoms with E-state index >= 15 is 0 Å². The highest BCUT2D eigenvalue weighted by molar-refractivity contribution is 5.96. The minimum absolute atomic E-state index is 0.0759. The molecule has 0 aromatic carbocycles. The maximum absolute atomic E-state index is 12.4. The summed E-state index contributed by atoms with van der Waals surface area (Å²) in [6.07, 6.45) is -0.420. The van der Waals surface area contributed by atoms with Gasteiger partial charge in [0, 0.05) is 18.4 Å². The molecule has 0 saturated carbocycles. The molecule has 0 heterocycles. The van der Waals surface area contributed by atoms with Crippen molar-refractivity contribution >= 4 is 17.7 Å². The van der Waals surface area contributed by atoms with Gasteiger partial charge in [-0.3, -0.25) is 14.4 Å². The molecule has 1 aliphatic rings. The first-order chi connectivity index (χ1) is 11.6. The predicted molar refractivity (Wildman–Crippen MR) is 89.9 cm³/mol. The summed E-state index contributed by atoms with van der Waals surface area (Å²) in [5, 5.41) is 26.9. The number of aliphatic hydroxyl groups excluding tert-OH is 2. The van der Waals surface area contributed by atoms with E-state index in [0.29, 0.717) is 12.3 Å². The van der Waals surface area contributed by atoms with Crippen LogP contribution in [0.3, 0.4) is 0 Å². The van der Waals surface area contributed by atoms with E-state index in [0.717, 1.165) is 0 Å². The lowest BCUT2D eigenvalue weighted by atomic mass is 9.89. The highest BCUT2D eigenvalue weighted by Gasteiger charge is 2.35. The molecule has 0 aliphatic heterocycles. The molecule has 142 valence electrons. The maximum atomic E-state index is 12.4. The van der Waals surface area contributed by atoms with Gasteiger partial charge in [-0.25, -0.2) is 0 Å². The van der Waals surface area contributed by atoms with Crippen LogP contribution in [-0.2, 0) is 14.4 Å². The molecule has 0 fully saturated rings. The van der Waals surface area contributed by atoms with Crippen LogP contribution in [0.15, 0.2) is 11.6 Å². The van der Waals surface area contributed by atoms with Crippen molar-refractivity contribution in [2.75, 3.05) is 13.6 Å². The van der Waals surface area contributed by atoms with E-state index in [-0.39, 0.29) is 30.5 Å². The second-order valence-corrected chi connectivity index (χ2v) is 6.71. The number of nitrogens with one attached hydrogen (secondary N) is 2. The van der Waals surface area contributed by atoms with Gasteiger partial charge in [-0.2, -0.15) is 0 Å². The fraction of sp³-hybridized carbons (Fsp3) is 0.688. The third-order valence-electron chi connectivity index (χ3n) is 4.06. The van der Waals surface area contributed by atoms with Gasteiger partial charge in [0.1, 0.15) is 6.10 Å². The summed E-state index contributed by atoms with van der Waals surface area (Å²) < 4.78 is 0.